The smallest absolute Gasteiger partial charge is 0.264 e. The number of hydrogen-bond acceptors (Lipinski definition) is 5. The third-order valence-corrected chi connectivity index (χ3v) is 5.54. The van der Waals surface area contributed by atoms with Crippen molar-refractivity contribution >= 4 is 0 Å². The van der Waals surface area contributed by atoms with Gasteiger partial charge in [0.2, 0.25) is 5.88 Å². The van der Waals surface area contributed by atoms with Crippen molar-refractivity contribution in [2.45, 2.75) is 46.6 Å². The van der Waals surface area contributed by atoms with E-state index >= 15 is 0 Å². The van der Waals surface area contributed by atoms with Crippen LogP contribution in [0.3, 0.4) is 0 Å². The van der Waals surface area contributed by atoms with Gasteiger partial charge in [0, 0.05) is 28.8 Å². The summed E-state index contributed by atoms with van der Waals surface area (Å²) in [5.41, 5.74) is 2.17. The molecular weight excluding hydrogens is 450 g/mol. The van der Waals surface area contributed by atoms with Crippen LogP contribution in [-0.4, -0.2) is 19.5 Å². The molecule has 4 rings (SSSR count). The van der Waals surface area contributed by atoms with Crippen LogP contribution in [0.1, 0.15) is 43.5 Å². The molecule has 8 heteroatoms. The van der Waals surface area contributed by atoms with Gasteiger partial charge in [-0.2, -0.15) is 4.98 Å². The molecule has 35 heavy (non-hydrogen) atoms. The lowest BCUT2D eigenvalue weighted by atomic mass is 9.95. The summed E-state index contributed by atoms with van der Waals surface area (Å²) in [6.45, 7) is 9.27. The summed E-state index contributed by atoms with van der Waals surface area (Å²) in [4.78, 5) is 26.8. The Bertz CT molecular complexity index is 1460. The van der Waals surface area contributed by atoms with Crippen molar-refractivity contribution in [3.05, 3.63) is 99.5 Å². The van der Waals surface area contributed by atoms with Crippen molar-refractivity contribution in [1.29, 1.82) is 0 Å². The monoisotopic (exact) mass is 476 g/mol. The molecule has 2 heterocycles. The predicted molar refractivity (Wildman–Crippen MR) is 130 cm³/mol. The van der Waals surface area contributed by atoms with Crippen LogP contribution in [0, 0.1) is 25.5 Å². The van der Waals surface area contributed by atoms with E-state index in [0.717, 1.165) is 29.2 Å². The Labute approximate surface area is 202 Å². The van der Waals surface area contributed by atoms with E-state index in [2.05, 4.69) is 9.97 Å². The van der Waals surface area contributed by atoms with Crippen molar-refractivity contribution in [1.82, 2.24) is 19.5 Å². The van der Waals surface area contributed by atoms with E-state index < -0.39 is 11.6 Å². The molecule has 0 unspecified atom stereocenters. The van der Waals surface area contributed by atoms with E-state index in [1.54, 1.807) is 20.0 Å². The molecule has 0 aliphatic carbocycles. The van der Waals surface area contributed by atoms with Crippen LogP contribution in [0.25, 0.3) is 16.9 Å². The maximum Gasteiger partial charge on any atom is 0.264 e. The number of hydrogen-bond donors (Lipinski definition) is 0. The second-order valence-electron chi connectivity index (χ2n) is 9.32. The van der Waals surface area contributed by atoms with Crippen molar-refractivity contribution in [3.63, 3.8) is 0 Å². The Kier molecular flexibility index (Phi) is 6.47. The fourth-order valence-electron chi connectivity index (χ4n) is 3.60. The molecule has 2 aromatic heterocycles. The molecule has 0 bridgehead atoms. The van der Waals surface area contributed by atoms with Gasteiger partial charge in [0.1, 0.15) is 29.9 Å². The summed E-state index contributed by atoms with van der Waals surface area (Å²) in [5, 5.41) is 0. The van der Waals surface area contributed by atoms with E-state index in [1.807, 2.05) is 51.1 Å². The summed E-state index contributed by atoms with van der Waals surface area (Å²) in [6, 6.07) is 12.5. The predicted octanol–water partition coefficient (Wildman–Crippen LogP) is 5.46. The van der Waals surface area contributed by atoms with Gasteiger partial charge < -0.3 is 4.74 Å². The maximum absolute atomic E-state index is 14.0. The lowest BCUT2D eigenvalue weighted by Crippen LogP contribution is -2.25. The summed E-state index contributed by atoms with van der Waals surface area (Å²) in [6.07, 6.45) is 1.73. The highest BCUT2D eigenvalue weighted by Gasteiger charge is 2.19. The Morgan fingerprint density at radius 1 is 1.00 bits per heavy atom. The van der Waals surface area contributed by atoms with Crippen LogP contribution < -0.4 is 10.3 Å². The molecule has 0 amide bonds. The van der Waals surface area contributed by atoms with E-state index in [4.69, 9.17) is 9.72 Å². The minimum atomic E-state index is -0.719. The van der Waals surface area contributed by atoms with Crippen molar-refractivity contribution in [3.8, 4) is 22.8 Å². The normalized spacial score (nSPS) is 11.5. The number of rotatable bonds is 5. The van der Waals surface area contributed by atoms with Gasteiger partial charge in [-0.05, 0) is 44.2 Å². The third kappa shape index (κ3) is 5.11. The number of aromatic nitrogens is 4. The fourth-order valence-corrected chi connectivity index (χ4v) is 3.60. The molecule has 0 saturated heterocycles. The topological polar surface area (TPSA) is 69.9 Å². The number of ether oxygens (including phenoxy) is 1. The zero-order valence-corrected chi connectivity index (χ0v) is 20.3. The summed E-state index contributed by atoms with van der Waals surface area (Å²) < 4.78 is 34.2. The zero-order valence-electron chi connectivity index (χ0n) is 20.3. The maximum atomic E-state index is 14.0. The van der Waals surface area contributed by atoms with Crippen molar-refractivity contribution < 1.29 is 13.5 Å². The number of benzene rings is 2. The molecule has 0 N–H and O–H groups in total. The van der Waals surface area contributed by atoms with Gasteiger partial charge in [0.05, 0.1) is 16.9 Å². The van der Waals surface area contributed by atoms with E-state index in [-0.39, 0.29) is 34.6 Å². The standard InChI is InChI=1S/C27H26F2N4O2/c1-16-24(35-15-19-9-10-20(28)14-22(19)29)31-17(2)33(25(16)34)21-8-6-7-18(13-21)23-11-12-30-26(32-23)27(3,4)5/h6-14H,15H2,1-5H3. The Hall–Kier alpha value is -3.94. The van der Waals surface area contributed by atoms with Crippen LogP contribution in [-0.2, 0) is 12.0 Å². The van der Waals surface area contributed by atoms with Crippen LogP contribution in [0.2, 0.25) is 0 Å². The van der Waals surface area contributed by atoms with Gasteiger partial charge in [-0.1, -0.05) is 32.9 Å². The van der Waals surface area contributed by atoms with Crippen molar-refractivity contribution in [2.75, 3.05) is 0 Å². The minimum Gasteiger partial charge on any atom is -0.472 e. The zero-order chi connectivity index (χ0) is 25.3. The molecular formula is C27H26F2N4O2. The van der Waals surface area contributed by atoms with E-state index in [9.17, 15) is 13.6 Å². The molecule has 0 spiro atoms. The Balaban J connectivity index is 1.67. The molecule has 0 atom stereocenters. The molecule has 180 valence electrons. The fraction of sp³-hybridized carbons (Fsp3) is 0.259. The molecule has 6 nitrogen and oxygen atoms in total. The summed E-state index contributed by atoms with van der Waals surface area (Å²) in [7, 11) is 0. The average Bonchev–Trinajstić information content (AvgIpc) is 2.81. The Morgan fingerprint density at radius 2 is 1.77 bits per heavy atom. The lowest BCUT2D eigenvalue weighted by Gasteiger charge is -2.17. The molecule has 4 aromatic rings. The molecule has 0 aliphatic heterocycles. The van der Waals surface area contributed by atoms with Gasteiger partial charge in [0.25, 0.3) is 5.56 Å². The molecule has 0 saturated carbocycles. The first kappa shape index (κ1) is 24.2. The molecule has 2 aromatic carbocycles. The van der Waals surface area contributed by atoms with Gasteiger partial charge in [0.15, 0.2) is 0 Å². The minimum absolute atomic E-state index is 0.106. The van der Waals surface area contributed by atoms with E-state index in [1.165, 1.54) is 10.6 Å². The van der Waals surface area contributed by atoms with Crippen LogP contribution in [0.4, 0.5) is 8.78 Å². The van der Waals surface area contributed by atoms with E-state index in [0.29, 0.717) is 11.5 Å². The lowest BCUT2D eigenvalue weighted by molar-refractivity contribution is 0.283. The third-order valence-electron chi connectivity index (χ3n) is 5.54. The largest absolute Gasteiger partial charge is 0.472 e. The molecule has 0 aliphatic rings. The van der Waals surface area contributed by atoms with Crippen LogP contribution in [0.15, 0.2) is 59.5 Å². The second kappa shape index (κ2) is 9.37. The van der Waals surface area contributed by atoms with Crippen LogP contribution in [0.5, 0.6) is 5.88 Å². The number of aryl methyl sites for hydroxylation is 1. The van der Waals surface area contributed by atoms with Crippen molar-refractivity contribution in [2.24, 2.45) is 0 Å². The number of halogens is 2. The number of nitrogens with zero attached hydrogens (tertiary/aromatic N) is 4. The second-order valence-corrected chi connectivity index (χ2v) is 9.32. The SMILES string of the molecule is Cc1c(OCc2ccc(F)cc2F)nc(C)n(-c2cccc(-c3ccnc(C(C)(C)C)n3)c2)c1=O. The van der Waals surface area contributed by atoms with Gasteiger partial charge in [-0.25, -0.2) is 18.7 Å². The molecule has 0 radical (unpaired) electrons. The Morgan fingerprint density at radius 3 is 2.49 bits per heavy atom. The molecule has 0 fully saturated rings. The van der Waals surface area contributed by atoms with Crippen LogP contribution >= 0.6 is 0 Å². The van der Waals surface area contributed by atoms with Gasteiger partial charge in [-0.15, -0.1) is 0 Å². The summed E-state index contributed by atoms with van der Waals surface area (Å²) in [5.74, 6) is -0.147. The average molecular weight is 477 g/mol. The first-order valence-corrected chi connectivity index (χ1v) is 11.2. The highest BCUT2D eigenvalue weighted by molar-refractivity contribution is 5.62. The quantitative estimate of drug-likeness (QED) is 0.383. The highest BCUT2D eigenvalue weighted by Crippen LogP contribution is 2.25. The highest BCUT2D eigenvalue weighted by atomic mass is 19.1. The van der Waals surface area contributed by atoms with Gasteiger partial charge >= 0.3 is 0 Å². The first-order valence-electron chi connectivity index (χ1n) is 11.2. The summed E-state index contributed by atoms with van der Waals surface area (Å²) >= 11 is 0. The van der Waals surface area contributed by atoms with Gasteiger partial charge in [-0.3, -0.25) is 9.36 Å². The first-order chi connectivity index (χ1) is 16.5.